The molecular weight excluding hydrogens is 332 g/mol. The lowest BCUT2D eigenvalue weighted by molar-refractivity contribution is 0.299. The number of hydrogen-bond acceptors (Lipinski definition) is 3. The number of likely N-dealkylation sites (N-methyl/N-ethyl adjacent to an activating group) is 1. The van der Waals surface area contributed by atoms with Crippen LogP contribution in [0.3, 0.4) is 0 Å². The maximum Gasteiger partial charge on any atom is 0.240 e. The molecule has 0 heterocycles. The van der Waals surface area contributed by atoms with Gasteiger partial charge in [-0.1, -0.05) is 41.9 Å². The van der Waals surface area contributed by atoms with Gasteiger partial charge in [0.15, 0.2) is 0 Å². The van der Waals surface area contributed by atoms with E-state index in [0.29, 0.717) is 17.1 Å². The van der Waals surface area contributed by atoms with Gasteiger partial charge in [-0.15, -0.1) is 0 Å². The van der Waals surface area contributed by atoms with E-state index in [0.717, 1.165) is 5.56 Å². The first-order valence-corrected chi connectivity index (χ1v) is 9.14. The Morgan fingerprint density at radius 2 is 1.78 bits per heavy atom. The highest BCUT2D eigenvalue weighted by molar-refractivity contribution is 7.89. The van der Waals surface area contributed by atoms with Gasteiger partial charge in [0.1, 0.15) is 0 Å². The Labute approximate surface area is 143 Å². The van der Waals surface area contributed by atoms with E-state index in [1.54, 1.807) is 19.1 Å². The van der Waals surface area contributed by atoms with Crippen molar-refractivity contribution >= 4 is 21.6 Å². The summed E-state index contributed by atoms with van der Waals surface area (Å²) in [7, 11) is 0.281. The Morgan fingerprint density at radius 1 is 1.13 bits per heavy atom. The average molecular weight is 353 g/mol. The second-order valence-electron chi connectivity index (χ2n) is 5.65. The molecule has 2 rings (SSSR count). The van der Waals surface area contributed by atoms with Crippen molar-refractivity contribution in [2.45, 2.75) is 17.9 Å². The van der Waals surface area contributed by atoms with Crippen LogP contribution >= 0.6 is 11.6 Å². The fourth-order valence-electron chi connectivity index (χ4n) is 2.45. The summed E-state index contributed by atoms with van der Waals surface area (Å²) in [5, 5.41) is 0.525. The molecule has 0 spiro atoms. The van der Waals surface area contributed by atoms with Crippen molar-refractivity contribution in [3.8, 4) is 0 Å². The Bertz CT molecular complexity index is 761. The van der Waals surface area contributed by atoms with E-state index in [2.05, 4.69) is 4.72 Å². The van der Waals surface area contributed by atoms with Crippen molar-refractivity contribution in [3.05, 3.63) is 64.7 Å². The van der Waals surface area contributed by atoms with E-state index in [1.807, 2.05) is 49.3 Å². The lowest BCUT2D eigenvalue weighted by atomic mass is 10.1. The van der Waals surface area contributed by atoms with Crippen LogP contribution in [-0.2, 0) is 10.0 Å². The monoisotopic (exact) mass is 352 g/mol. The lowest BCUT2D eigenvalue weighted by Crippen LogP contribution is -2.34. The highest BCUT2D eigenvalue weighted by Gasteiger charge is 2.21. The fraction of sp³-hybridized carbons (Fsp3) is 0.294. The number of sulfonamides is 1. The molecule has 0 aliphatic heterocycles. The smallest absolute Gasteiger partial charge is 0.240 e. The third-order valence-electron chi connectivity index (χ3n) is 3.70. The van der Waals surface area contributed by atoms with E-state index >= 15 is 0 Å². The summed E-state index contributed by atoms with van der Waals surface area (Å²) in [6, 6.07) is 14.6. The third kappa shape index (κ3) is 4.54. The third-order valence-corrected chi connectivity index (χ3v) is 5.52. The molecule has 0 aliphatic carbocycles. The summed E-state index contributed by atoms with van der Waals surface area (Å²) < 4.78 is 27.8. The standard InChI is InChI=1S/C17H21ClN2O2S/c1-13-11-15(18)9-10-17(13)23(21,22)19-12-16(20(2)3)14-7-5-4-6-8-14/h4-11,16,19H,12H2,1-3H3. The van der Waals surface area contributed by atoms with Crippen LogP contribution in [0.15, 0.2) is 53.4 Å². The van der Waals surface area contributed by atoms with Gasteiger partial charge in [0.2, 0.25) is 10.0 Å². The van der Waals surface area contributed by atoms with Crippen molar-refractivity contribution in [2.24, 2.45) is 0 Å². The van der Waals surface area contributed by atoms with Gasteiger partial charge >= 0.3 is 0 Å². The van der Waals surface area contributed by atoms with Gasteiger partial charge in [-0.25, -0.2) is 13.1 Å². The summed E-state index contributed by atoms with van der Waals surface area (Å²) >= 11 is 5.89. The Morgan fingerprint density at radius 3 is 2.35 bits per heavy atom. The largest absolute Gasteiger partial charge is 0.301 e. The number of benzene rings is 2. The molecule has 0 amide bonds. The van der Waals surface area contributed by atoms with Crippen molar-refractivity contribution in [3.63, 3.8) is 0 Å². The molecule has 124 valence electrons. The van der Waals surface area contributed by atoms with Gasteiger partial charge in [0, 0.05) is 17.6 Å². The Hall–Kier alpha value is -1.40. The van der Waals surface area contributed by atoms with Crippen LogP contribution in [0.2, 0.25) is 5.02 Å². The zero-order valence-electron chi connectivity index (χ0n) is 13.5. The van der Waals surface area contributed by atoms with Crippen molar-refractivity contribution < 1.29 is 8.42 Å². The molecule has 0 fully saturated rings. The number of nitrogens with one attached hydrogen (secondary N) is 1. The van der Waals surface area contributed by atoms with Crippen molar-refractivity contribution in [1.82, 2.24) is 9.62 Å². The molecule has 2 aromatic rings. The fourth-order valence-corrected chi connectivity index (χ4v) is 3.94. The Balaban J connectivity index is 2.20. The minimum absolute atomic E-state index is 0.0430. The van der Waals surface area contributed by atoms with Gasteiger partial charge in [-0.05, 0) is 50.3 Å². The van der Waals surface area contributed by atoms with E-state index in [4.69, 9.17) is 11.6 Å². The average Bonchev–Trinajstić information content (AvgIpc) is 2.47. The van der Waals surface area contributed by atoms with Gasteiger partial charge in [0.25, 0.3) is 0 Å². The molecule has 0 radical (unpaired) electrons. The minimum atomic E-state index is -3.58. The first kappa shape index (κ1) is 17.9. The molecule has 23 heavy (non-hydrogen) atoms. The molecule has 0 bridgehead atoms. The van der Waals surface area contributed by atoms with Crippen molar-refractivity contribution in [2.75, 3.05) is 20.6 Å². The first-order chi connectivity index (χ1) is 10.8. The minimum Gasteiger partial charge on any atom is -0.301 e. The van der Waals surface area contributed by atoms with Gasteiger partial charge in [-0.2, -0.15) is 0 Å². The number of nitrogens with zero attached hydrogens (tertiary/aromatic N) is 1. The molecule has 0 aliphatic rings. The second-order valence-corrected chi connectivity index (χ2v) is 7.82. The normalized spacial score (nSPS) is 13.3. The molecular formula is C17H21ClN2O2S. The van der Waals surface area contributed by atoms with Crippen LogP contribution in [0, 0.1) is 6.92 Å². The van der Waals surface area contributed by atoms with Gasteiger partial charge in [-0.3, -0.25) is 0 Å². The molecule has 1 N–H and O–H groups in total. The molecule has 0 aromatic heterocycles. The van der Waals surface area contributed by atoms with Crippen molar-refractivity contribution in [1.29, 1.82) is 0 Å². The summed E-state index contributed by atoms with van der Waals surface area (Å²) in [5.41, 5.74) is 1.69. The number of halogens is 1. The molecule has 6 heteroatoms. The predicted octanol–water partition coefficient (Wildman–Crippen LogP) is 3.23. The number of hydrogen-bond donors (Lipinski definition) is 1. The first-order valence-electron chi connectivity index (χ1n) is 7.28. The zero-order valence-corrected chi connectivity index (χ0v) is 15.0. The topological polar surface area (TPSA) is 49.4 Å². The van der Waals surface area contributed by atoms with E-state index < -0.39 is 10.0 Å². The molecule has 0 saturated carbocycles. The molecule has 4 nitrogen and oxygen atoms in total. The Kier molecular flexibility index (Phi) is 5.81. The summed E-state index contributed by atoms with van der Waals surface area (Å²) in [6.45, 7) is 2.03. The summed E-state index contributed by atoms with van der Waals surface area (Å²) in [6.07, 6.45) is 0. The predicted molar refractivity (Wildman–Crippen MR) is 94.2 cm³/mol. The van der Waals surface area contributed by atoms with Crippen LogP contribution in [0.1, 0.15) is 17.2 Å². The highest BCUT2D eigenvalue weighted by Crippen LogP contribution is 2.21. The van der Waals surface area contributed by atoms with E-state index in [1.165, 1.54) is 6.07 Å². The van der Waals surface area contributed by atoms with Gasteiger partial charge < -0.3 is 4.90 Å². The summed E-state index contributed by atoms with van der Waals surface area (Å²) in [5.74, 6) is 0. The van der Waals surface area contributed by atoms with Crippen LogP contribution < -0.4 is 4.72 Å². The van der Waals surface area contributed by atoms with Crippen LogP contribution in [0.5, 0.6) is 0 Å². The molecule has 2 aromatic carbocycles. The molecule has 0 saturated heterocycles. The van der Waals surface area contributed by atoms with Gasteiger partial charge in [0.05, 0.1) is 4.90 Å². The summed E-state index contributed by atoms with van der Waals surface area (Å²) in [4.78, 5) is 2.25. The maximum absolute atomic E-state index is 12.5. The zero-order chi connectivity index (χ0) is 17.0. The lowest BCUT2D eigenvalue weighted by Gasteiger charge is -2.25. The molecule has 1 atom stereocenters. The maximum atomic E-state index is 12.5. The van der Waals surface area contributed by atoms with E-state index in [-0.39, 0.29) is 10.9 Å². The number of rotatable bonds is 6. The molecule has 1 unspecified atom stereocenters. The van der Waals surface area contributed by atoms with Crippen LogP contribution in [0.25, 0.3) is 0 Å². The SMILES string of the molecule is Cc1cc(Cl)ccc1S(=O)(=O)NCC(c1ccccc1)N(C)C. The highest BCUT2D eigenvalue weighted by atomic mass is 35.5. The number of aryl methyl sites for hydroxylation is 1. The van der Waals surface area contributed by atoms with Crippen LogP contribution in [-0.4, -0.2) is 34.0 Å². The van der Waals surface area contributed by atoms with Crippen LogP contribution in [0.4, 0.5) is 0 Å². The van der Waals surface area contributed by atoms with E-state index in [9.17, 15) is 8.42 Å². The second kappa shape index (κ2) is 7.45. The quantitative estimate of drug-likeness (QED) is 0.868.